The average molecular weight is 400 g/mol. The van der Waals surface area contributed by atoms with Crippen molar-refractivity contribution >= 4 is 35.2 Å². The van der Waals surface area contributed by atoms with E-state index in [9.17, 15) is 24.0 Å². The fourth-order valence-electron chi connectivity index (χ4n) is 3.89. The van der Waals surface area contributed by atoms with Crippen LogP contribution in [0.2, 0.25) is 0 Å². The maximum Gasteiger partial charge on any atom is 0.308 e. The number of hydrogen-bond donors (Lipinski definition) is 1. The van der Waals surface area contributed by atoms with Gasteiger partial charge in [-0.3, -0.25) is 28.9 Å². The SMILES string of the molecule is CC(=O)c1cccc(NC(=O)COC(=O)CCN2C(=O)[C@H]3CCCC[C@H]3C2=O)c1. The van der Waals surface area contributed by atoms with Crippen LogP contribution in [0.1, 0.15) is 49.4 Å². The molecule has 0 unspecified atom stereocenters. The fourth-order valence-corrected chi connectivity index (χ4v) is 3.89. The quantitative estimate of drug-likeness (QED) is 0.425. The second kappa shape index (κ2) is 8.98. The molecule has 8 heteroatoms. The van der Waals surface area contributed by atoms with Crippen LogP contribution in [-0.4, -0.2) is 47.5 Å². The summed E-state index contributed by atoms with van der Waals surface area (Å²) in [5.74, 6) is -2.22. The number of esters is 1. The highest BCUT2D eigenvalue weighted by atomic mass is 16.5. The number of imide groups is 1. The first kappa shape index (κ1) is 20.7. The smallest absolute Gasteiger partial charge is 0.308 e. The van der Waals surface area contributed by atoms with E-state index in [1.54, 1.807) is 18.2 Å². The second-order valence-electron chi connectivity index (χ2n) is 7.42. The van der Waals surface area contributed by atoms with E-state index in [4.69, 9.17) is 4.74 Å². The van der Waals surface area contributed by atoms with Gasteiger partial charge in [-0.2, -0.15) is 0 Å². The van der Waals surface area contributed by atoms with Crippen LogP contribution in [0.15, 0.2) is 24.3 Å². The number of carbonyl (C=O) groups is 5. The molecule has 1 heterocycles. The minimum absolute atomic E-state index is 0.0220. The third kappa shape index (κ3) is 4.88. The van der Waals surface area contributed by atoms with E-state index in [-0.39, 0.29) is 42.4 Å². The molecule has 2 atom stereocenters. The minimum Gasteiger partial charge on any atom is -0.456 e. The first-order valence-corrected chi connectivity index (χ1v) is 9.78. The van der Waals surface area contributed by atoms with Gasteiger partial charge in [-0.1, -0.05) is 25.0 Å². The van der Waals surface area contributed by atoms with Gasteiger partial charge < -0.3 is 10.1 Å². The van der Waals surface area contributed by atoms with Crippen LogP contribution in [0.25, 0.3) is 0 Å². The summed E-state index contributed by atoms with van der Waals surface area (Å²) >= 11 is 0. The third-order valence-electron chi connectivity index (χ3n) is 5.39. The molecule has 1 saturated heterocycles. The van der Waals surface area contributed by atoms with Crippen LogP contribution in [-0.2, 0) is 23.9 Å². The van der Waals surface area contributed by atoms with Crippen LogP contribution in [0.3, 0.4) is 0 Å². The minimum atomic E-state index is -0.659. The number of benzene rings is 1. The topological polar surface area (TPSA) is 110 Å². The summed E-state index contributed by atoms with van der Waals surface area (Å²) in [7, 11) is 0. The summed E-state index contributed by atoms with van der Waals surface area (Å²) in [5, 5.41) is 2.55. The predicted molar refractivity (Wildman–Crippen MR) is 103 cm³/mol. The number of hydrogen-bond acceptors (Lipinski definition) is 6. The molecule has 1 aromatic rings. The maximum atomic E-state index is 12.4. The third-order valence-corrected chi connectivity index (χ3v) is 5.39. The van der Waals surface area contributed by atoms with Crippen molar-refractivity contribution in [1.82, 2.24) is 4.90 Å². The van der Waals surface area contributed by atoms with E-state index in [0.717, 1.165) is 30.6 Å². The van der Waals surface area contributed by atoms with Gasteiger partial charge in [-0.05, 0) is 31.9 Å². The number of carbonyl (C=O) groups excluding carboxylic acids is 5. The van der Waals surface area contributed by atoms with Crippen LogP contribution in [0, 0.1) is 11.8 Å². The number of rotatable bonds is 7. The zero-order valence-corrected chi connectivity index (χ0v) is 16.3. The molecule has 0 spiro atoms. The Hall–Kier alpha value is -3.03. The molecule has 0 bridgehead atoms. The number of nitrogens with one attached hydrogen (secondary N) is 1. The molecule has 0 radical (unpaired) electrons. The van der Waals surface area contributed by atoms with Crippen LogP contribution >= 0.6 is 0 Å². The molecule has 2 fully saturated rings. The van der Waals surface area contributed by atoms with E-state index >= 15 is 0 Å². The largest absolute Gasteiger partial charge is 0.456 e. The molecule has 3 amide bonds. The van der Waals surface area contributed by atoms with E-state index < -0.39 is 18.5 Å². The molecular weight excluding hydrogens is 376 g/mol. The number of ketones is 1. The standard InChI is InChI=1S/C21H24N2O6/c1-13(24)14-5-4-6-15(11-14)22-18(25)12-29-19(26)9-10-23-20(27)16-7-2-3-8-17(16)21(23)28/h4-6,11,16-17H,2-3,7-10,12H2,1H3,(H,22,25)/t16-,17+. The number of nitrogens with zero attached hydrogens (tertiary/aromatic N) is 1. The Morgan fingerprint density at radius 1 is 1.10 bits per heavy atom. The first-order chi connectivity index (χ1) is 13.9. The molecule has 1 aliphatic carbocycles. The highest BCUT2D eigenvalue weighted by Crippen LogP contribution is 2.37. The van der Waals surface area contributed by atoms with Crippen molar-refractivity contribution < 1.29 is 28.7 Å². The molecule has 1 aromatic carbocycles. The molecule has 0 aromatic heterocycles. The van der Waals surface area contributed by atoms with Gasteiger partial charge in [0.2, 0.25) is 11.8 Å². The van der Waals surface area contributed by atoms with Crippen LogP contribution < -0.4 is 5.32 Å². The predicted octanol–water partition coefficient (Wildman–Crippen LogP) is 1.94. The Labute approximate surface area is 168 Å². The summed E-state index contributed by atoms with van der Waals surface area (Å²) < 4.78 is 4.94. The number of Topliss-reactive ketones (excluding diaryl/α,β-unsaturated/α-hetero) is 1. The number of likely N-dealkylation sites (tertiary alicyclic amines) is 1. The summed E-state index contributed by atoms with van der Waals surface area (Å²) in [6.45, 7) is 0.912. The van der Waals surface area contributed by atoms with Gasteiger partial charge >= 0.3 is 5.97 Å². The van der Waals surface area contributed by atoms with Crippen molar-refractivity contribution in [3.05, 3.63) is 29.8 Å². The van der Waals surface area contributed by atoms with Gasteiger partial charge in [-0.25, -0.2) is 0 Å². The first-order valence-electron chi connectivity index (χ1n) is 9.78. The Balaban J connectivity index is 1.43. The van der Waals surface area contributed by atoms with Crippen LogP contribution in [0.5, 0.6) is 0 Å². The number of fused-ring (bicyclic) bond motifs is 1. The lowest BCUT2D eigenvalue weighted by atomic mass is 9.81. The van der Waals surface area contributed by atoms with Crippen molar-refractivity contribution in [2.45, 2.75) is 39.0 Å². The zero-order chi connectivity index (χ0) is 21.0. The van der Waals surface area contributed by atoms with Gasteiger partial charge in [0.05, 0.1) is 18.3 Å². The lowest BCUT2D eigenvalue weighted by Gasteiger charge is -2.19. The Morgan fingerprint density at radius 3 is 2.38 bits per heavy atom. The molecular formula is C21H24N2O6. The van der Waals surface area contributed by atoms with Gasteiger partial charge in [-0.15, -0.1) is 0 Å². The molecule has 29 heavy (non-hydrogen) atoms. The average Bonchev–Trinajstić information content (AvgIpc) is 2.95. The van der Waals surface area contributed by atoms with E-state index in [0.29, 0.717) is 11.3 Å². The monoisotopic (exact) mass is 400 g/mol. The van der Waals surface area contributed by atoms with Crippen molar-refractivity contribution in [3.8, 4) is 0 Å². The summed E-state index contributed by atoms with van der Waals surface area (Å²) in [4.78, 5) is 61.2. The Kier molecular flexibility index (Phi) is 6.41. The van der Waals surface area contributed by atoms with Crippen molar-refractivity contribution in [2.24, 2.45) is 11.8 Å². The lowest BCUT2D eigenvalue weighted by Crippen LogP contribution is -2.33. The normalized spacial score (nSPS) is 20.9. The lowest BCUT2D eigenvalue weighted by molar-refractivity contribution is -0.148. The zero-order valence-electron chi connectivity index (χ0n) is 16.3. The van der Waals surface area contributed by atoms with Gasteiger partial charge in [0.15, 0.2) is 12.4 Å². The van der Waals surface area contributed by atoms with Gasteiger partial charge in [0, 0.05) is 17.8 Å². The number of ether oxygens (including phenoxy) is 1. The van der Waals surface area contributed by atoms with E-state index in [1.165, 1.54) is 13.0 Å². The maximum absolute atomic E-state index is 12.4. The Bertz CT molecular complexity index is 825. The highest BCUT2D eigenvalue weighted by Gasteiger charge is 2.47. The van der Waals surface area contributed by atoms with Crippen molar-refractivity contribution in [1.29, 1.82) is 0 Å². The molecule has 1 aliphatic heterocycles. The molecule has 1 saturated carbocycles. The second-order valence-corrected chi connectivity index (χ2v) is 7.42. The van der Waals surface area contributed by atoms with Gasteiger partial charge in [0.1, 0.15) is 0 Å². The van der Waals surface area contributed by atoms with Crippen molar-refractivity contribution in [3.63, 3.8) is 0 Å². The Morgan fingerprint density at radius 2 is 1.76 bits per heavy atom. The molecule has 8 nitrogen and oxygen atoms in total. The summed E-state index contributed by atoms with van der Waals surface area (Å²) in [6.07, 6.45) is 3.19. The number of amides is 3. The molecule has 3 rings (SSSR count). The fraction of sp³-hybridized carbons (Fsp3) is 0.476. The number of anilines is 1. The van der Waals surface area contributed by atoms with E-state index in [1.807, 2.05) is 0 Å². The van der Waals surface area contributed by atoms with E-state index in [2.05, 4.69) is 5.32 Å². The highest BCUT2D eigenvalue weighted by molar-refractivity contribution is 6.05. The molecule has 2 aliphatic rings. The van der Waals surface area contributed by atoms with Crippen LogP contribution in [0.4, 0.5) is 5.69 Å². The summed E-state index contributed by atoms with van der Waals surface area (Å²) in [5.41, 5.74) is 0.884. The molecule has 1 N–H and O–H groups in total. The van der Waals surface area contributed by atoms with Gasteiger partial charge in [0.25, 0.3) is 5.91 Å². The summed E-state index contributed by atoms with van der Waals surface area (Å²) in [6, 6.07) is 6.43. The van der Waals surface area contributed by atoms with Crippen molar-refractivity contribution in [2.75, 3.05) is 18.5 Å². The molecule has 154 valence electrons.